The van der Waals surface area contributed by atoms with Gasteiger partial charge in [-0.15, -0.1) is 0 Å². The summed E-state index contributed by atoms with van der Waals surface area (Å²) in [6.07, 6.45) is 3.67. The summed E-state index contributed by atoms with van der Waals surface area (Å²) < 4.78 is 1.10. The Bertz CT molecular complexity index is 516. The molecule has 1 atom stereocenters. The van der Waals surface area contributed by atoms with E-state index >= 15 is 0 Å². The van der Waals surface area contributed by atoms with E-state index in [1.165, 1.54) is 5.56 Å². The van der Waals surface area contributed by atoms with Gasteiger partial charge in [-0.25, -0.2) is 0 Å². The number of pyridine rings is 1. The van der Waals surface area contributed by atoms with E-state index in [1.807, 2.05) is 18.3 Å². The van der Waals surface area contributed by atoms with E-state index in [-0.39, 0.29) is 6.04 Å². The highest BCUT2D eigenvalue weighted by molar-refractivity contribution is 9.10. The lowest BCUT2D eigenvalue weighted by Gasteiger charge is -2.27. The number of hydrogen-bond acceptors (Lipinski definition) is 3. The molecule has 1 aromatic heterocycles. The molecule has 0 aliphatic rings. The van der Waals surface area contributed by atoms with Crippen LogP contribution >= 0.6 is 15.9 Å². The third kappa shape index (κ3) is 3.86. The van der Waals surface area contributed by atoms with E-state index in [2.05, 4.69) is 57.1 Å². The molecule has 2 aromatic rings. The topological polar surface area (TPSA) is 42.1 Å². The van der Waals surface area contributed by atoms with Crippen LogP contribution in [0.4, 0.5) is 0 Å². The fourth-order valence-electron chi connectivity index (χ4n) is 2.18. The van der Waals surface area contributed by atoms with Crippen LogP contribution in [0.3, 0.4) is 0 Å². The Morgan fingerprint density at radius 1 is 1.32 bits per heavy atom. The second-order valence-corrected chi connectivity index (χ2v) is 5.50. The van der Waals surface area contributed by atoms with Crippen molar-refractivity contribution >= 4 is 15.9 Å². The predicted molar refractivity (Wildman–Crippen MR) is 81.6 cm³/mol. The van der Waals surface area contributed by atoms with E-state index in [4.69, 9.17) is 5.73 Å². The van der Waals surface area contributed by atoms with Crippen molar-refractivity contribution in [2.75, 3.05) is 13.6 Å². The highest BCUT2D eigenvalue weighted by Gasteiger charge is 2.15. The molecule has 100 valence electrons. The maximum Gasteiger partial charge on any atom is 0.0486 e. The number of nitrogens with zero attached hydrogens (tertiary/aromatic N) is 2. The van der Waals surface area contributed by atoms with Crippen LogP contribution in [-0.4, -0.2) is 23.5 Å². The smallest absolute Gasteiger partial charge is 0.0486 e. The zero-order valence-electron chi connectivity index (χ0n) is 11.0. The molecule has 0 spiro atoms. The highest BCUT2D eigenvalue weighted by atomic mass is 79.9. The number of aromatic nitrogens is 1. The SMILES string of the molecule is CN(Cc1cccc(Br)c1)C(CN)c1cccnc1. The standard InChI is InChI=1S/C15H18BrN3/c1-19(11-12-4-2-6-14(16)8-12)15(9-17)13-5-3-7-18-10-13/h2-8,10,15H,9,11,17H2,1H3. The summed E-state index contributed by atoms with van der Waals surface area (Å²) in [7, 11) is 2.09. The number of halogens is 1. The Labute approximate surface area is 122 Å². The van der Waals surface area contributed by atoms with Gasteiger partial charge in [0.1, 0.15) is 0 Å². The molecule has 0 amide bonds. The van der Waals surface area contributed by atoms with Gasteiger partial charge in [0.25, 0.3) is 0 Å². The van der Waals surface area contributed by atoms with Crippen LogP contribution < -0.4 is 5.73 Å². The normalized spacial score (nSPS) is 12.6. The molecule has 0 radical (unpaired) electrons. The monoisotopic (exact) mass is 319 g/mol. The number of benzene rings is 1. The van der Waals surface area contributed by atoms with Gasteiger partial charge < -0.3 is 5.73 Å². The molecule has 1 unspecified atom stereocenters. The van der Waals surface area contributed by atoms with Crippen molar-refractivity contribution in [3.8, 4) is 0 Å². The average molecular weight is 320 g/mol. The van der Waals surface area contributed by atoms with Gasteiger partial charge in [0.15, 0.2) is 0 Å². The van der Waals surface area contributed by atoms with E-state index in [1.54, 1.807) is 6.20 Å². The Balaban J connectivity index is 2.11. The van der Waals surface area contributed by atoms with Crippen molar-refractivity contribution in [3.05, 3.63) is 64.4 Å². The summed E-state index contributed by atoms with van der Waals surface area (Å²) >= 11 is 3.50. The van der Waals surface area contributed by atoms with Crippen LogP contribution in [0.25, 0.3) is 0 Å². The third-order valence-electron chi connectivity index (χ3n) is 3.15. The fourth-order valence-corrected chi connectivity index (χ4v) is 2.62. The third-order valence-corrected chi connectivity index (χ3v) is 3.64. The summed E-state index contributed by atoms with van der Waals surface area (Å²) in [6.45, 7) is 1.44. The van der Waals surface area contributed by atoms with Crippen LogP contribution in [-0.2, 0) is 6.54 Å². The largest absolute Gasteiger partial charge is 0.329 e. The lowest BCUT2D eigenvalue weighted by molar-refractivity contribution is 0.241. The summed E-state index contributed by atoms with van der Waals surface area (Å²) in [5.41, 5.74) is 8.33. The van der Waals surface area contributed by atoms with Crippen LogP contribution in [0.15, 0.2) is 53.3 Å². The van der Waals surface area contributed by atoms with Gasteiger partial charge in [-0.1, -0.05) is 34.1 Å². The van der Waals surface area contributed by atoms with Crippen molar-refractivity contribution in [1.29, 1.82) is 0 Å². The molecule has 3 nitrogen and oxygen atoms in total. The molecule has 2 rings (SSSR count). The minimum absolute atomic E-state index is 0.188. The van der Waals surface area contributed by atoms with Crippen LogP contribution in [0, 0.1) is 0 Å². The van der Waals surface area contributed by atoms with Gasteiger partial charge in [0.05, 0.1) is 0 Å². The molecule has 2 N–H and O–H groups in total. The van der Waals surface area contributed by atoms with Gasteiger partial charge in [0, 0.05) is 36.0 Å². The Kier molecular flexibility index (Phi) is 5.07. The van der Waals surface area contributed by atoms with Crippen molar-refractivity contribution in [1.82, 2.24) is 9.88 Å². The van der Waals surface area contributed by atoms with E-state index < -0.39 is 0 Å². The molecule has 0 saturated heterocycles. The first-order chi connectivity index (χ1) is 9.20. The van der Waals surface area contributed by atoms with E-state index in [0.717, 1.165) is 16.6 Å². The molecular formula is C15H18BrN3. The maximum absolute atomic E-state index is 5.91. The average Bonchev–Trinajstić information content (AvgIpc) is 2.41. The van der Waals surface area contributed by atoms with Crippen molar-refractivity contribution < 1.29 is 0 Å². The van der Waals surface area contributed by atoms with Gasteiger partial charge in [0.2, 0.25) is 0 Å². The first-order valence-corrected chi connectivity index (χ1v) is 7.04. The van der Waals surface area contributed by atoms with Crippen LogP contribution in [0.2, 0.25) is 0 Å². The molecule has 1 aromatic carbocycles. The van der Waals surface area contributed by atoms with Crippen LogP contribution in [0.1, 0.15) is 17.2 Å². The first kappa shape index (κ1) is 14.2. The van der Waals surface area contributed by atoms with Gasteiger partial charge >= 0.3 is 0 Å². The number of rotatable bonds is 5. The minimum Gasteiger partial charge on any atom is -0.329 e. The lowest BCUT2D eigenvalue weighted by atomic mass is 10.1. The first-order valence-electron chi connectivity index (χ1n) is 6.25. The summed E-state index contributed by atoms with van der Waals surface area (Å²) in [6, 6.07) is 12.5. The zero-order valence-corrected chi connectivity index (χ0v) is 12.5. The second-order valence-electron chi connectivity index (χ2n) is 4.58. The molecule has 0 aliphatic carbocycles. The molecule has 4 heteroatoms. The molecule has 0 saturated carbocycles. The molecule has 0 aliphatic heterocycles. The molecule has 19 heavy (non-hydrogen) atoms. The summed E-state index contributed by atoms with van der Waals surface area (Å²) in [4.78, 5) is 6.42. The Morgan fingerprint density at radius 2 is 2.16 bits per heavy atom. The molecule has 0 bridgehead atoms. The summed E-state index contributed by atoms with van der Waals surface area (Å²) in [5, 5.41) is 0. The fraction of sp³-hybridized carbons (Fsp3) is 0.267. The molecule has 0 fully saturated rings. The maximum atomic E-state index is 5.91. The van der Waals surface area contributed by atoms with E-state index in [9.17, 15) is 0 Å². The van der Waals surface area contributed by atoms with Crippen molar-refractivity contribution in [3.63, 3.8) is 0 Å². The van der Waals surface area contributed by atoms with Gasteiger partial charge in [-0.3, -0.25) is 9.88 Å². The highest BCUT2D eigenvalue weighted by Crippen LogP contribution is 2.20. The van der Waals surface area contributed by atoms with Crippen molar-refractivity contribution in [2.45, 2.75) is 12.6 Å². The Morgan fingerprint density at radius 3 is 2.79 bits per heavy atom. The predicted octanol–water partition coefficient (Wildman–Crippen LogP) is 2.98. The molecular weight excluding hydrogens is 302 g/mol. The summed E-state index contributed by atoms with van der Waals surface area (Å²) in [5.74, 6) is 0. The lowest BCUT2D eigenvalue weighted by Crippen LogP contribution is -2.30. The van der Waals surface area contributed by atoms with E-state index in [0.29, 0.717) is 6.54 Å². The van der Waals surface area contributed by atoms with Gasteiger partial charge in [-0.05, 0) is 36.4 Å². The number of likely N-dealkylation sites (N-methyl/N-ethyl adjacent to an activating group) is 1. The number of nitrogens with two attached hydrogens (primary N) is 1. The Hall–Kier alpha value is -1.23. The second kappa shape index (κ2) is 6.80. The zero-order chi connectivity index (χ0) is 13.7. The number of hydrogen-bond donors (Lipinski definition) is 1. The quantitative estimate of drug-likeness (QED) is 0.921. The minimum atomic E-state index is 0.188. The molecule has 1 heterocycles. The van der Waals surface area contributed by atoms with Crippen molar-refractivity contribution in [2.24, 2.45) is 5.73 Å². The van der Waals surface area contributed by atoms with Gasteiger partial charge in [-0.2, -0.15) is 0 Å². The van der Waals surface area contributed by atoms with Crippen LogP contribution in [0.5, 0.6) is 0 Å².